The smallest absolute Gasteiger partial charge is 0.387 e. The van der Waals surface area contributed by atoms with E-state index in [0.29, 0.717) is 13.1 Å². The molecular formula is C16H25ClF2N4O2. The number of hydrogen-bond donors (Lipinski definition) is 4. The van der Waals surface area contributed by atoms with Gasteiger partial charge < -0.3 is 15.4 Å². The Morgan fingerprint density at radius 2 is 2.16 bits per heavy atom. The first-order valence-corrected chi connectivity index (χ1v) is 8.13. The first kappa shape index (κ1) is 21.6. The Bertz CT molecular complexity index is 537. The van der Waals surface area contributed by atoms with Gasteiger partial charge in [0.05, 0.1) is 12.0 Å². The molecule has 25 heavy (non-hydrogen) atoms. The van der Waals surface area contributed by atoms with Gasteiger partial charge in [-0.3, -0.25) is 10.2 Å². The highest BCUT2D eigenvalue weighted by molar-refractivity contribution is 5.85. The zero-order valence-corrected chi connectivity index (χ0v) is 14.9. The zero-order chi connectivity index (χ0) is 17.4. The van der Waals surface area contributed by atoms with Crippen molar-refractivity contribution in [3.8, 4) is 5.75 Å². The van der Waals surface area contributed by atoms with Crippen LogP contribution in [0.4, 0.5) is 8.78 Å². The average Bonchev–Trinajstić information content (AvgIpc) is 3.04. The van der Waals surface area contributed by atoms with E-state index in [0.717, 1.165) is 25.1 Å². The van der Waals surface area contributed by atoms with Crippen molar-refractivity contribution in [3.05, 3.63) is 29.8 Å². The van der Waals surface area contributed by atoms with Crippen molar-refractivity contribution in [3.63, 3.8) is 0 Å². The van der Waals surface area contributed by atoms with Crippen LogP contribution in [0.15, 0.2) is 24.3 Å². The lowest BCUT2D eigenvalue weighted by molar-refractivity contribution is -0.124. The number of hydrazine groups is 1. The van der Waals surface area contributed by atoms with Crippen molar-refractivity contribution in [2.75, 3.05) is 26.2 Å². The van der Waals surface area contributed by atoms with Crippen molar-refractivity contribution in [1.82, 2.24) is 21.5 Å². The van der Waals surface area contributed by atoms with Crippen LogP contribution >= 0.6 is 12.4 Å². The van der Waals surface area contributed by atoms with Gasteiger partial charge in [-0.05, 0) is 30.7 Å². The molecule has 1 aromatic rings. The third kappa shape index (κ3) is 6.74. The molecule has 1 aliphatic rings. The van der Waals surface area contributed by atoms with Gasteiger partial charge in [0.15, 0.2) is 0 Å². The summed E-state index contributed by atoms with van der Waals surface area (Å²) in [6.45, 7) is 1.87. The Morgan fingerprint density at radius 1 is 1.36 bits per heavy atom. The molecule has 1 aromatic carbocycles. The highest BCUT2D eigenvalue weighted by atomic mass is 35.5. The summed E-state index contributed by atoms with van der Waals surface area (Å²) in [6.07, 6.45) is 1.05. The van der Waals surface area contributed by atoms with Crippen LogP contribution in [0.2, 0.25) is 0 Å². The molecule has 0 aromatic heterocycles. The van der Waals surface area contributed by atoms with E-state index in [1.807, 2.05) is 0 Å². The number of halogens is 3. The quantitative estimate of drug-likeness (QED) is 0.491. The Balaban J connectivity index is 0.00000312. The van der Waals surface area contributed by atoms with Gasteiger partial charge in [-0.2, -0.15) is 8.78 Å². The van der Waals surface area contributed by atoms with E-state index in [1.165, 1.54) is 12.1 Å². The zero-order valence-electron chi connectivity index (χ0n) is 14.1. The van der Waals surface area contributed by atoms with E-state index in [4.69, 9.17) is 0 Å². The Morgan fingerprint density at radius 3 is 2.88 bits per heavy atom. The molecule has 1 fully saturated rings. The minimum atomic E-state index is -2.87. The molecule has 6 nitrogen and oxygen atoms in total. The molecular weight excluding hydrogens is 354 g/mol. The fourth-order valence-corrected chi connectivity index (χ4v) is 2.65. The van der Waals surface area contributed by atoms with Crippen molar-refractivity contribution >= 4 is 18.3 Å². The summed E-state index contributed by atoms with van der Waals surface area (Å²) in [6, 6.07) is 6.12. The largest absolute Gasteiger partial charge is 0.435 e. The predicted octanol–water partition coefficient (Wildman–Crippen LogP) is 1.59. The summed E-state index contributed by atoms with van der Waals surface area (Å²) in [4.78, 5) is 12.4. The van der Waals surface area contributed by atoms with Crippen molar-refractivity contribution < 1.29 is 18.3 Å². The number of carbonyl (C=O) groups is 1. The number of nitrogens with one attached hydrogen (secondary N) is 4. The highest BCUT2D eigenvalue weighted by Crippen LogP contribution is 2.28. The molecule has 1 saturated heterocycles. The summed E-state index contributed by atoms with van der Waals surface area (Å²) in [7, 11) is 0. The number of benzene rings is 1. The minimum Gasteiger partial charge on any atom is -0.435 e. The number of carbonyl (C=O) groups excluding carboxylic acids is 1. The number of hydrogen-bond acceptors (Lipinski definition) is 5. The topological polar surface area (TPSA) is 74.4 Å². The second-order valence-electron chi connectivity index (χ2n) is 5.60. The maximum absolute atomic E-state index is 12.4. The second-order valence-corrected chi connectivity index (χ2v) is 5.60. The Labute approximate surface area is 152 Å². The summed E-state index contributed by atoms with van der Waals surface area (Å²) in [5.74, 6) is -0.312. The van der Waals surface area contributed by atoms with Crippen LogP contribution in [0.1, 0.15) is 24.9 Å². The van der Waals surface area contributed by atoms with Gasteiger partial charge in [-0.1, -0.05) is 19.1 Å². The summed E-state index contributed by atoms with van der Waals surface area (Å²) in [5.41, 5.74) is 6.71. The SMILES string of the molecule is CCCNCCNC(=O)C1CNNC1c1cccc(OC(F)F)c1.Cl. The van der Waals surface area contributed by atoms with Crippen molar-refractivity contribution in [1.29, 1.82) is 0 Å². The Hall–Kier alpha value is -1.48. The fourth-order valence-electron chi connectivity index (χ4n) is 2.65. The number of rotatable bonds is 9. The van der Waals surface area contributed by atoms with E-state index in [1.54, 1.807) is 12.1 Å². The van der Waals surface area contributed by atoms with Gasteiger partial charge in [0.2, 0.25) is 5.91 Å². The first-order chi connectivity index (χ1) is 11.6. The van der Waals surface area contributed by atoms with E-state index < -0.39 is 6.61 Å². The lowest BCUT2D eigenvalue weighted by Crippen LogP contribution is -2.38. The molecule has 4 N–H and O–H groups in total. The van der Waals surface area contributed by atoms with Gasteiger partial charge in [0.25, 0.3) is 0 Å². The van der Waals surface area contributed by atoms with Crippen LogP contribution in [0, 0.1) is 5.92 Å². The van der Waals surface area contributed by atoms with E-state index in [2.05, 4.69) is 33.1 Å². The average molecular weight is 379 g/mol. The number of alkyl halides is 2. The molecule has 1 aliphatic heterocycles. The van der Waals surface area contributed by atoms with Crippen LogP contribution in [0.3, 0.4) is 0 Å². The lowest BCUT2D eigenvalue weighted by Gasteiger charge is -2.19. The van der Waals surface area contributed by atoms with E-state index in [9.17, 15) is 13.6 Å². The minimum absolute atomic E-state index is 0. The molecule has 0 saturated carbocycles. The molecule has 1 heterocycles. The van der Waals surface area contributed by atoms with Gasteiger partial charge in [0, 0.05) is 19.6 Å². The van der Waals surface area contributed by atoms with Gasteiger partial charge >= 0.3 is 6.61 Å². The molecule has 9 heteroatoms. The molecule has 2 rings (SSSR count). The van der Waals surface area contributed by atoms with Crippen LogP contribution in [0.25, 0.3) is 0 Å². The normalized spacial score (nSPS) is 19.5. The van der Waals surface area contributed by atoms with E-state index >= 15 is 0 Å². The van der Waals surface area contributed by atoms with Gasteiger partial charge in [-0.15, -0.1) is 12.4 Å². The number of amides is 1. The number of ether oxygens (including phenoxy) is 1. The third-order valence-electron chi connectivity index (χ3n) is 3.79. The van der Waals surface area contributed by atoms with Crippen LogP contribution < -0.4 is 26.2 Å². The van der Waals surface area contributed by atoms with Crippen LogP contribution in [-0.4, -0.2) is 38.7 Å². The summed E-state index contributed by atoms with van der Waals surface area (Å²) in [5, 5.41) is 6.11. The predicted molar refractivity (Wildman–Crippen MR) is 93.9 cm³/mol. The molecule has 0 spiro atoms. The lowest BCUT2D eigenvalue weighted by atomic mass is 9.94. The summed E-state index contributed by atoms with van der Waals surface area (Å²) >= 11 is 0. The van der Waals surface area contributed by atoms with Crippen LogP contribution in [-0.2, 0) is 4.79 Å². The van der Waals surface area contributed by atoms with E-state index in [-0.39, 0.29) is 36.0 Å². The molecule has 2 atom stereocenters. The van der Waals surface area contributed by atoms with Gasteiger partial charge in [-0.25, -0.2) is 5.43 Å². The third-order valence-corrected chi connectivity index (χ3v) is 3.79. The molecule has 142 valence electrons. The highest BCUT2D eigenvalue weighted by Gasteiger charge is 2.33. The van der Waals surface area contributed by atoms with Crippen molar-refractivity contribution in [2.45, 2.75) is 26.0 Å². The molecule has 1 amide bonds. The second kappa shape index (κ2) is 11.2. The van der Waals surface area contributed by atoms with Crippen LogP contribution in [0.5, 0.6) is 5.75 Å². The molecule has 2 unspecified atom stereocenters. The maximum Gasteiger partial charge on any atom is 0.387 e. The summed E-state index contributed by atoms with van der Waals surface area (Å²) < 4.78 is 29.1. The van der Waals surface area contributed by atoms with Gasteiger partial charge in [0.1, 0.15) is 5.75 Å². The van der Waals surface area contributed by atoms with Crippen molar-refractivity contribution in [2.24, 2.45) is 5.92 Å². The maximum atomic E-state index is 12.4. The molecule has 0 bridgehead atoms. The molecule has 0 radical (unpaired) electrons. The standard InChI is InChI=1S/C16H24F2N4O2.ClH/c1-2-6-19-7-8-20-15(23)13-10-21-22-14(13)11-4-3-5-12(9-11)24-16(17)18;/h3-5,9,13-14,16,19,21-22H,2,6-8,10H2,1H3,(H,20,23);1H. The monoisotopic (exact) mass is 378 g/mol. The Kier molecular flexibility index (Phi) is 9.66. The fraction of sp³-hybridized carbons (Fsp3) is 0.562. The molecule has 0 aliphatic carbocycles. The first-order valence-electron chi connectivity index (χ1n) is 8.13.